The van der Waals surface area contributed by atoms with E-state index in [0.29, 0.717) is 10.6 Å². The molecule has 0 amide bonds. The normalized spacial score (nSPS) is 12.3. The number of fused-ring (bicyclic) bond motifs is 1. The van der Waals surface area contributed by atoms with Crippen LogP contribution in [0.3, 0.4) is 0 Å². The summed E-state index contributed by atoms with van der Waals surface area (Å²) in [5.74, 6) is 0.841. The third-order valence-electron chi connectivity index (χ3n) is 3.43. The van der Waals surface area contributed by atoms with Crippen molar-refractivity contribution in [1.29, 1.82) is 0 Å². The molecule has 2 nitrogen and oxygen atoms in total. The second-order valence-electron chi connectivity index (χ2n) is 5.22. The highest BCUT2D eigenvalue weighted by atomic mass is 32.2. The van der Waals surface area contributed by atoms with Gasteiger partial charge < -0.3 is 9.84 Å². The largest absolute Gasteiger partial charge is 0.491 e. The first-order valence-electron chi connectivity index (χ1n) is 7.39. The lowest BCUT2D eigenvalue weighted by molar-refractivity contribution is 0.126. The minimum Gasteiger partial charge on any atom is -0.491 e. The van der Waals surface area contributed by atoms with Crippen LogP contribution < -0.4 is 4.74 Å². The van der Waals surface area contributed by atoms with E-state index in [0.717, 1.165) is 16.5 Å². The summed E-state index contributed by atoms with van der Waals surface area (Å²) in [5, 5.41) is 12.3. The first kappa shape index (κ1) is 15.8. The molecule has 0 bridgehead atoms. The molecule has 0 heterocycles. The van der Waals surface area contributed by atoms with Gasteiger partial charge in [-0.3, -0.25) is 0 Å². The van der Waals surface area contributed by atoms with Gasteiger partial charge in [0.1, 0.15) is 18.2 Å². The van der Waals surface area contributed by atoms with E-state index in [4.69, 9.17) is 4.74 Å². The van der Waals surface area contributed by atoms with Crippen LogP contribution in [0.25, 0.3) is 10.8 Å². The molecule has 118 valence electrons. The van der Waals surface area contributed by atoms with E-state index in [1.807, 2.05) is 42.5 Å². The van der Waals surface area contributed by atoms with Gasteiger partial charge in [-0.15, -0.1) is 11.8 Å². The molecular weight excluding hydrogens is 311 g/mol. The number of aliphatic hydroxyl groups excluding tert-OH is 1. The van der Waals surface area contributed by atoms with Crippen LogP contribution in [0.1, 0.15) is 0 Å². The Hall–Kier alpha value is -2.04. The van der Waals surface area contributed by atoms with Gasteiger partial charge >= 0.3 is 0 Å². The molecule has 0 aromatic heterocycles. The second-order valence-corrected chi connectivity index (χ2v) is 6.28. The van der Waals surface area contributed by atoms with Crippen molar-refractivity contribution in [2.24, 2.45) is 0 Å². The minimum atomic E-state index is -0.661. The number of rotatable bonds is 6. The van der Waals surface area contributed by atoms with Gasteiger partial charge in [0.15, 0.2) is 0 Å². The molecule has 0 aliphatic rings. The standard InChI is InChI=1S/C19H17FO2S/c20-18-7-3-4-8-19(18)23-13-16(21)12-22-17-10-9-14-5-1-2-6-15(14)11-17/h1-11,16,21H,12-13H2. The molecule has 3 rings (SSSR count). The fraction of sp³-hybridized carbons (Fsp3) is 0.158. The summed E-state index contributed by atoms with van der Waals surface area (Å²) in [7, 11) is 0. The van der Waals surface area contributed by atoms with Gasteiger partial charge in [0.05, 0.1) is 6.10 Å². The van der Waals surface area contributed by atoms with E-state index >= 15 is 0 Å². The first-order valence-corrected chi connectivity index (χ1v) is 8.38. The highest BCUT2D eigenvalue weighted by molar-refractivity contribution is 7.99. The van der Waals surface area contributed by atoms with Gasteiger partial charge in [0, 0.05) is 10.6 Å². The molecule has 0 saturated heterocycles. The van der Waals surface area contributed by atoms with Crippen LogP contribution in [0.4, 0.5) is 4.39 Å². The van der Waals surface area contributed by atoms with E-state index in [2.05, 4.69) is 0 Å². The van der Waals surface area contributed by atoms with Gasteiger partial charge in [-0.2, -0.15) is 0 Å². The number of aliphatic hydroxyl groups is 1. The van der Waals surface area contributed by atoms with Crippen molar-refractivity contribution in [3.63, 3.8) is 0 Å². The fourth-order valence-electron chi connectivity index (χ4n) is 2.25. The summed E-state index contributed by atoms with van der Waals surface area (Å²) in [6.07, 6.45) is -0.661. The Kier molecular flexibility index (Phi) is 5.16. The molecule has 3 aromatic carbocycles. The zero-order valence-electron chi connectivity index (χ0n) is 12.5. The van der Waals surface area contributed by atoms with Crippen LogP contribution in [0.15, 0.2) is 71.6 Å². The molecule has 0 aliphatic carbocycles. The van der Waals surface area contributed by atoms with E-state index < -0.39 is 6.10 Å². The van der Waals surface area contributed by atoms with Gasteiger partial charge in [-0.1, -0.05) is 42.5 Å². The molecule has 1 unspecified atom stereocenters. The predicted molar refractivity (Wildman–Crippen MR) is 92.6 cm³/mol. The summed E-state index contributed by atoms with van der Waals surface area (Å²) in [5.41, 5.74) is 0. The van der Waals surface area contributed by atoms with Crippen LogP contribution in [-0.4, -0.2) is 23.6 Å². The molecule has 1 N–H and O–H groups in total. The van der Waals surface area contributed by atoms with Crippen molar-refractivity contribution in [2.75, 3.05) is 12.4 Å². The zero-order valence-corrected chi connectivity index (χ0v) is 13.3. The average molecular weight is 328 g/mol. The smallest absolute Gasteiger partial charge is 0.136 e. The lowest BCUT2D eigenvalue weighted by Gasteiger charge is -2.13. The lowest BCUT2D eigenvalue weighted by Crippen LogP contribution is -2.20. The molecule has 3 aromatic rings. The first-order chi connectivity index (χ1) is 11.2. The number of hydrogen-bond donors (Lipinski definition) is 1. The molecule has 1 atom stereocenters. The summed E-state index contributed by atoms with van der Waals surface area (Å²) in [6, 6.07) is 20.4. The maximum Gasteiger partial charge on any atom is 0.136 e. The molecule has 23 heavy (non-hydrogen) atoms. The summed E-state index contributed by atoms with van der Waals surface area (Å²) < 4.78 is 19.1. The van der Waals surface area contributed by atoms with Crippen LogP contribution >= 0.6 is 11.8 Å². The number of benzene rings is 3. The summed E-state index contributed by atoms with van der Waals surface area (Å²) in [4.78, 5) is 0.539. The maximum atomic E-state index is 13.5. The third-order valence-corrected chi connectivity index (χ3v) is 4.62. The molecule has 0 radical (unpaired) electrons. The number of halogens is 1. The molecule has 0 aliphatic heterocycles. The Morgan fingerprint density at radius 3 is 2.52 bits per heavy atom. The van der Waals surface area contributed by atoms with Crippen LogP contribution in [-0.2, 0) is 0 Å². The van der Waals surface area contributed by atoms with Crippen LogP contribution in [0.2, 0.25) is 0 Å². The van der Waals surface area contributed by atoms with Crippen molar-refractivity contribution in [1.82, 2.24) is 0 Å². The highest BCUT2D eigenvalue weighted by Gasteiger charge is 2.09. The Balaban J connectivity index is 1.53. The topological polar surface area (TPSA) is 29.5 Å². The molecule has 4 heteroatoms. The Morgan fingerprint density at radius 2 is 1.70 bits per heavy atom. The van der Waals surface area contributed by atoms with Crippen LogP contribution in [0, 0.1) is 5.82 Å². The molecule has 0 saturated carbocycles. The van der Waals surface area contributed by atoms with E-state index in [1.165, 1.54) is 17.8 Å². The number of thioether (sulfide) groups is 1. The van der Waals surface area contributed by atoms with Gasteiger partial charge in [0.25, 0.3) is 0 Å². The minimum absolute atomic E-state index is 0.180. The molecular formula is C19H17FO2S. The van der Waals surface area contributed by atoms with Crippen molar-refractivity contribution >= 4 is 22.5 Å². The number of hydrogen-bond acceptors (Lipinski definition) is 3. The summed E-state index contributed by atoms with van der Waals surface area (Å²) in [6.45, 7) is 0.180. The van der Waals surface area contributed by atoms with Gasteiger partial charge in [-0.25, -0.2) is 4.39 Å². The van der Waals surface area contributed by atoms with E-state index in [9.17, 15) is 9.50 Å². The lowest BCUT2D eigenvalue weighted by atomic mass is 10.1. The van der Waals surface area contributed by atoms with E-state index in [-0.39, 0.29) is 12.4 Å². The second kappa shape index (κ2) is 7.49. The summed E-state index contributed by atoms with van der Waals surface area (Å²) >= 11 is 1.29. The quantitative estimate of drug-likeness (QED) is 0.675. The van der Waals surface area contributed by atoms with Gasteiger partial charge in [-0.05, 0) is 35.0 Å². The monoisotopic (exact) mass is 328 g/mol. The molecule has 0 spiro atoms. The van der Waals surface area contributed by atoms with Crippen molar-refractivity contribution < 1.29 is 14.2 Å². The SMILES string of the molecule is OC(COc1ccc2ccccc2c1)CSc1ccccc1F. The fourth-order valence-corrected chi connectivity index (χ4v) is 3.09. The van der Waals surface area contributed by atoms with Crippen molar-refractivity contribution in [2.45, 2.75) is 11.0 Å². The predicted octanol–water partition coefficient (Wildman–Crippen LogP) is 4.51. The van der Waals surface area contributed by atoms with Crippen molar-refractivity contribution in [3.8, 4) is 5.75 Å². The Labute approximate surface area is 138 Å². The Bertz CT molecular complexity index is 791. The number of ether oxygens (including phenoxy) is 1. The van der Waals surface area contributed by atoms with Crippen LogP contribution in [0.5, 0.6) is 5.75 Å². The highest BCUT2D eigenvalue weighted by Crippen LogP contribution is 2.23. The van der Waals surface area contributed by atoms with Gasteiger partial charge in [0.2, 0.25) is 0 Å². The van der Waals surface area contributed by atoms with Crippen molar-refractivity contribution in [3.05, 3.63) is 72.5 Å². The third kappa shape index (κ3) is 4.24. The van der Waals surface area contributed by atoms with E-state index in [1.54, 1.807) is 18.2 Å². The average Bonchev–Trinajstić information content (AvgIpc) is 2.59. The molecule has 0 fully saturated rings. The maximum absolute atomic E-state index is 13.5. The Morgan fingerprint density at radius 1 is 0.957 bits per heavy atom. The zero-order chi connectivity index (χ0) is 16.1.